The highest BCUT2D eigenvalue weighted by molar-refractivity contribution is 5.44. The van der Waals surface area contributed by atoms with Crippen molar-refractivity contribution in [2.45, 2.75) is 20.0 Å². The molecule has 1 heterocycles. The normalized spacial score (nSPS) is 10.8. The number of nitrogen functional groups attached to an aromatic ring is 1. The van der Waals surface area contributed by atoms with Crippen molar-refractivity contribution in [2.24, 2.45) is 0 Å². The highest BCUT2D eigenvalue weighted by Crippen LogP contribution is 2.25. The van der Waals surface area contributed by atoms with Gasteiger partial charge in [0.1, 0.15) is 5.82 Å². The third-order valence-electron chi connectivity index (χ3n) is 1.78. The Hall–Kier alpha value is -1.23. The van der Waals surface area contributed by atoms with Crippen LogP contribution in [0.2, 0.25) is 0 Å². The lowest BCUT2D eigenvalue weighted by atomic mass is 10.1. The molecule has 0 saturated carbocycles. The van der Waals surface area contributed by atoms with Crippen molar-refractivity contribution in [3.05, 3.63) is 22.9 Å². The topological polar surface area (TPSA) is 59.1 Å². The van der Waals surface area contributed by atoms with Crippen molar-refractivity contribution >= 4 is 5.82 Å². The Bertz CT molecular complexity index is 315. The van der Waals surface area contributed by atoms with Gasteiger partial charge in [0.25, 0.3) is 6.43 Å². The molecule has 1 aromatic rings. The minimum atomic E-state index is -2.65. The smallest absolute Gasteiger partial charge is 0.267 e. The van der Waals surface area contributed by atoms with Crippen molar-refractivity contribution < 1.29 is 13.9 Å². The van der Waals surface area contributed by atoms with Gasteiger partial charge in [0.2, 0.25) is 0 Å². The Balaban J connectivity index is 3.22. The molecule has 13 heavy (non-hydrogen) atoms. The fourth-order valence-corrected chi connectivity index (χ4v) is 1.02. The maximum atomic E-state index is 12.3. The maximum Gasteiger partial charge on any atom is 0.267 e. The summed E-state index contributed by atoms with van der Waals surface area (Å²) < 4.78 is 24.5. The summed E-state index contributed by atoms with van der Waals surface area (Å²) in [6.45, 7) is 1.30. The van der Waals surface area contributed by atoms with E-state index in [1.54, 1.807) is 6.92 Å². The lowest BCUT2D eigenvalue weighted by molar-refractivity contribution is 0.151. The number of nitrogens with two attached hydrogens (primary N) is 1. The summed E-state index contributed by atoms with van der Waals surface area (Å²) in [5.74, 6) is -0.176. The van der Waals surface area contributed by atoms with Crippen LogP contribution in [0.15, 0.2) is 6.07 Å². The summed E-state index contributed by atoms with van der Waals surface area (Å²) in [5, 5.41) is 8.79. The molecular weight excluding hydrogens is 178 g/mol. The van der Waals surface area contributed by atoms with Gasteiger partial charge in [0.15, 0.2) is 0 Å². The van der Waals surface area contributed by atoms with Crippen LogP contribution in [0.5, 0.6) is 0 Å². The van der Waals surface area contributed by atoms with Crippen LogP contribution in [0.1, 0.15) is 23.2 Å². The van der Waals surface area contributed by atoms with E-state index in [1.165, 1.54) is 6.07 Å². The van der Waals surface area contributed by atoms with E-state index < -0.39 is 6.43 Å². The van der Waals surface area contributed by atoms with Crippen LogP contribution >= 0.6 is 0 Å². The fraction of sp³-hybridized carbons (Fsp3) is 0.375. The number of alkyl halides is 2. The van der Waals surface area contributed by atoms with Crippen LogP contribution in [-0.4, -0.2) is 10.1 Å². The molecule has 1 aromatic heterocycles. The average molecular weight is 188 g/mol. The Labute approximate surface area is 74.2 Å². The Morgan fingerprint density at radius 3 is 2.69 bits per heavy atom. The zero-order valence-electron chi connectivity index (χ0n) is 7.09. The van der Waals surface area contributed by atoms with Gasteiger partial charge in [-0.25, -0.2) is 13.8 Å². The first-order valence-corrected chi connectivity index (χ1v) is 3.71. The minimum Gasteiger partial charge on any atom is -0.392 e. The SMILES string of the molecule is Cc1nc(N)c(C(F)F)cc1CO. The van der Waals surface area contributed by atoms with Gasteiger partial charge < -0.3 is 10.8 Å². The number of anilines is 1. The minimum absolute atomic E-state index is 0.176. The molecule has 0 amide bonds. The summed E-state index contributed by atoms with van der Waals surface area (Å²) in [4.78, 5) is 3.70. The maximum absolute atomic E-state index is 12.3. The van der Waals surface area contributed by atoms with E-state index >= 15 is 0 Å². The molecule has 3 N–H and O–H groups in total. The third-order valence-corrected chi connectivity index (χ3v) is 1.78. The number of aliphatic hydroxyl groups is 1. The van der Waals surface area contributed by atoms with Gasteiger partial charge >= 0.3 is 0 Å². The number of rotatable bonds is 2. The number of nitrogens with zero attached hydrogens (tertiary/aromatic N) is 1. The van der Waals surface area contributed by atoms with Crippen LogP contribution in [0, 0.1) is 6.92 Å². The summed E-state index contributed by atoms with van der Waals surface area (Å²) in [7, 11) is 0. The zero-order chi connectivity index (χ0) is 10.0. The van der Waals surface area contributed by atoms with Crippen molar-refractivity contribution in [1.82, 2.24) is 4.98 Å². The first kappa shape index (κ1) is 9.85. The van der Waals surface area contributed by atoms with Gasteiger partial charge in [-0.05, 0) is 18.6 Å². The number of aryl methyl sites for hydroxylation is 1. The largest absolute Gasteiger partial charge is 0.392 e. The molecule has 0 spiro atoms. The second-order valence-corrected chi connectivity index (χ2v) is 2.67. The van der Waals surface area contributed by atoms with E-state index in [2.05, 4.69) is 4.98 Å². The second-order valence-electron chi connectivity index (χ2n) is 2.67. The van der Waals surface area contributed by atoms with E-state index in [9.17, 15) is 8.78 Å². The van der Waals surface area contributed by atoms with Crippen LogP contribution in [0.25, 0.3) is 0 Å². The third kappa shape index (κ3) is 1.92. The molecular formula is C8H10F2N2O. The number of pyridine rings is 1. The molecule has 0 aliphatic carbocycles. The second kappa shape index (κ2) is 3.66. The lowest BCUT2D eigenvalue weighted by Crippen LogP contribution is -2.03. The quantitative estimate of drug-likeness (QED) is 0.737. The number of halogens is 2. The van der Waals surface area contributed by atoms with E-state index in [4.69, 9.17) is 10.8 Å². The molecule has 72 valence electrons. The standard InChI is InChI=1S/C8H10F2N2O/c1-4-5(3-13)2-6(7(9)10)8(11)12-4/h2,7,13H,3H2,1H3,(H2,11,12). The first-order valence-electron chi connectivity index (χ1n) is 3.71. The van der Waals surface area contributed by atoms with Crippen molar-refractivity contribution in [2.75, 3.05) is 5.73 Å². The molecule has 1 rings (SSSR count). The van der Waals surface area contributed by atoms with E-state index in [0.29, 0.717) is 11.3 Å². The van der Waals surface area contributed by atoms with Crippen molar-refractivity contribution in [3.8, 4) is 0 Å². The van der Waals surface area contributed by atoms with Gasteiger partial charge in [0, 0.05) is 5.69 Å². The van der Waals surface area contributed by atoms with Gasteiger partial charge in [-0.3, -0.25) is 0 Å². The monoisotopic (exact) mass is 188 g/mol. The molecule has 0 bridgehead atoms. The van der Waals surface area contributed by atoms with Crippen LogP contribution in [-0.2, 0) is 6.61 Å². The summed E-state index contributed by atoms with van der Waals surface area (Å²) in [6.07, 6.45) is -2.65. The summed E-state index contributed by atoms with van der Waals surface area (Å²) in [6, 6.07) is 1.18. The number of hydrogen-bond acceptors (Lipinski definition) is 3. The fourth-order valence-electron chi connectivity index (χ4n) is 1.02. The molecule has 0 aliphatic heterocycles. The van der Waals surface area contributed by atoms with Gasteiger partial charge in [0.05, 0.1) is 12.2 Å². The van der Waals surface area contributed by atoms with E-state index in [0.717, 1.165) is 0 Å². The summed E-state index contributed by atoms with van der Waals surface area (Å²) >= 11 is 0. The molecule has 0 aliphatic rings. The number of aliphatic hydroxyl groups excluding tert-OH is 1. The Morgan fingerprint density at radius 2 is 2.23 bits per heavy atom. The van der Waals surface area contributed by atoms with E-state index in [-0.39, 0.29) is 18.0 Å². The van der Waals surface area contributed by atoms with Crippen molar-refractivity contribution in [1.29, 1.82) is 0 Å². The van der Waals surface area contributed by atoms with Gasteiger partial charge in [-0.2, -0.15) is 0 Å². The zero-order valence-corrected chi connectivity index (χ0v) is 7.09. The molecule has 0 unspecified atom stereocenters. The Kier molecular flexibility index (Phi) is 2.77. The molecule has 0 radical (unpaired) electrons. The predicted molar refractivity (Wildman–Crippen MR) is 44.3 cm³/mol. The average Bonchev–Trinajstić information content (AvgIpc) is 2.03. The lowest BCUT2D eigenvalue weighted by Gasteiger charge is -2.08. The van der Waals surface area contributed by atoms with Gasteiger partial charge in [-0.15, -0.1) is 0 Å². The van der Waals surface area contributed by atoms with Crippen molar-refractivity contribution in [3.63, 3.8) is 0 Å². The Morgan fingerprint density at radius 1 is 1.62 bits per heavy atom. The molecule has 0 atom stereocenters. The van der Waals surface area contributed by atoms with Crippen LogP contribution in [0.4, 0.5) is 14.6 Å². The van der Waals surface area contributed by atoms with Crippen LogP contribution < -0.4 is 5.73 Å². The van der Waals surface area contributed by atoms with Crippen LogP contribution in [0.3, 0.4) is 0 Å². The molecule has 0 fully saturated rings. The predicted octanol–water partition coefficient (Wildman–Crippen LogP) is 1.40. The number of aromatic nitrogens is 1. The summed E-state index contributed by atoms with van der Waals surface area (Å²) in [5.41, 5.74) is 5.80. The highest BCUT2D eigenvalue weighted by Gasteiger charge is 2.14. The molecule has 0 aromatic carbocycles. The highest BCUT2D eigenvalue weighted by atomic mass is 19.3. The van der Waals surface area contributed by atoms with Gasteiger partial charge in [-0.1, -0.05) is 0 Å². The van der Waals surface area contributed by atoms with E-state index in [1.807, 2.05) is 0 Å². The molecule has 3 nitrogen and oxygen atoms in total. The number of hydrogen-bond donors (Lipinski definition) is 2. The molecule has 5 heteroatoms. The molecule has 0 saturated heterocycles. The first-order chi connectivity index (χ1) is 6.06.